The topological polar surface area (TPSA) is 67.4 Å². The van der Waals surface area contributed by atoms with Crippen LogP contribution in [0.2, 0.25) is 0 Å². The van der Waals surface area contributed by atoms with Gasteiger partial charge >= 0.3 is 0 Å². The monoisotopic (exact) mass is 366 g/mol. The van der Waals surface area contributed by atoms with Crippen LogP contribution in [0.15, 0.2) is 53.0 Å². The van der Waals surface area contributed by atoms with E-state index < -0.39 is 17.6 Å². The summed E-state index contributed by atoms with van der Waals surface area (Å²) in [5.74, 6) is -1.03. The van der Waals surface area contributed by atoms with Gasteiger partial charge in [0.1, 0.15) is 11.6 Å². The van der Waals surface area contributed by atoms with Crippen molar-refractivity contribution in [2.45, 2.75) is 0 Å². The molecule has 7 heteroatoms. The Bertz CT molecular complexity index is 677. The molecule has 0 heterocycles. The van der Waals surface area contributed by atoms with Crippen LogP contribution in [0.25, 0.3) is 0 Å². The van der Waals surface area contributed by atoms with Crippen LogP contribution >= 0.6 is 15.9 Å². The smallest absolute Gasteiger partial charge is 0.276 e. The molecular formula is C15H12BrFN2O3. The Kier molecular flexibility index (Phi) is 5.48. The fraction of sp³-hybridized carbons (Fsp3) is 0.0667. The average Bonchev–Trinajstić information content (AvgIpc) is 2.52. The number of benzene rings is 2. The molecule has 114 valence electrons. The van der Waals surface area contributed by atoms with E-state index >= 15 is 0 Å². The van der Waals surface area contributed by atoms with Gasteiger partial charge in [0.25, 0.3) is 11.8 Å². The number of amides is 2. The molecule has 5 nitrogen and oxygen atoms in total. The molecule has 0 saturated heterocycles. The van der Waals surface area contributed by atoms with Gasteiger partial charge in [-0.2, -0.15) is 0 Å². The van der Waals surface area contributed by atoms with Crippen molar-refractivity contribution in [1.82, 2.24) is 10.9 Å². The number of hydrogen-bond donors (Lipinski definition) is 2. The molecule has 0 saturated carbocycles. The maximum Gasteiger partial charge on any atom is 0.276 e. The van der Waals surface area contributed by atoms with Crippen LogP contribution < -0.4 is 15.6 Å². The third kappa shape index (κ3) is 4.56. The van der Waals surface area contributed by atoms with Gasteiger partial charge in [0.15, 0.2) is 6.61 Å². The van der Waals surface area contributed by atoms with Gasteiger partial charge in [0.05, 0.1) is 5.56 Å². The van der Waals surface area contributed by atoms with Crippen LogP contribution in [0.5, 0.6) is 5.75 Å². The Hall–Kier alpha value is -2.41. The summed E-state index contributed by atoms with van der Waals surface area (Å²) in [5, 5.41) is 0. The fourth-order valence-corrected chi connectivity index (χ4v) is 2.02. The van der Waals surface area contributed by atoms with Crippen molar-refractivity contribution in [3.63, 3.8) is 0 Å². The van der Waals surface area contributed by atoms with Crippen molar-refractivity contribution in [2.24, 2.45) is 0 Å². The molecule has 0 bridgehead atoms. The van der Waals surface area contributed by atoms with Crippen LogP contribution in [0.3, 0.4) is 0 Å². The lowest BCUT2D eigenvalue weighted by molar-refractivity contribution is -0.123. The number of carbonyl (C=O) groups excluding carboxylic acids is 2. The van der Waals surface area contributed by atoms with E-state index in [0.717, 1.165) is 0 Å². The van der Waals surface area contributed by atoms with Gasteiger partial charge in [-0.25, -0.2) is 4.39 Å². The van der Waals surface area contributed by atoms with Crippen molar-refractivity contribution in [3.8, 4) is 5.75 Å². The number of hydrogen-bond acceptors (Lipinski definition) is 3. The van der Waals surface area contributed by atoms with Crippen LogP contribution in [-0.2, 0) is 4.79 Å². The summed E-state index contributed by atoms with van der Waals surface area (Å²) in [6, 6.07) is 12.1. The second kappa shape index (κ2) is 7.56. The second-order valence-electron chi connectivity index (χ2n) is 4.22. The van der Waals surface area contributed by atoms with Gasteiger partial charge in [0, 0.05) is 4.47 Å². The van der Waals surface area contributed by atoms with E-state index in [1.165, 1.54) is 24.3 Å². The highest BCUT2D eigenvalue weighted by Crippen LogP contribution is 2.15. The third-order valence-corrected chi connectivity index (χ3v) is 3.31. The second-order valence-corrected chi connectivity index (χ2v) is 5.08. The largest absolute Gasteiger partial charge is 0.484 e. The van der Waals surface area contributed by atoms with E-state index in [4.69, 9.17) is 4.74 Å². The average molecular weight is 367 g/mol. The first-order valence-corrected chi connectivity index (χ1v) is 7.07. The summed E-state index contributed by atoms with van der Waals surface area (Å²) in [6.45, 7) is -0.304. The Morgan fingerprint density at radius 3 is 2.41 bits per heavy atom. The molecule has 2 amide bonds. The normalized spacial score (nSPS) is 9.91. The number of nitrogens with one attached hydrogen (secondary N) is 2. The zero-order chi connectivity index (χ0) is 15.9. The van der Waals surface area contributed by atoms with E-state index in [0.29, 0.717) is 15.8 Å². The van der Waals surface area contributed by atoms with Crippen LogP contribution in [-0.4, -0.2) is 18.4 Å². The van der Waals surface area contributed by atoms with E-state index in [1.807, 2.05) is 0 Å². The van der Waals surface area contributed by atoms with Gasteiger partial charge in [-0.1, -0.05) is 12.1 Å². The zero-order valence-corrected chi connectivity index (χ0v) is 12.9. The van der Waals surface area contributed by atoms with Gasteiger partial charge in [-0.3, -0.25) is 20.4 Å². The Balaban J connectivity index is 1.79. The lowest BCUT2D eigenvalue weighted by Gasteiger charge is -2.09. The molecule has 0 radical (unpaired) electrons. The minimum atomic E-state index is -0.537. The summed E-state index contributed by atoms with van der Waals surface area (Å²) in [6.07, 6.45) is 0. The fourth-order valence-electron chi connectivity index (χ4n) is 1.55. The third-order valence-electron chi connectivity index (χ3n) is 2.62. The molecule has 0 atom stereocenters. The van der Waals surface area contributed by atoms with Gasteiger partial charge < -0.3 is 4.74 Å². The quantitative estimate of drug-likeness (QED) is 0.816. The van der Waals surface area contributed by atoms with Crippen LogP contribution in [0.1, 0.15) is 10.4 Å². The molecule has 0 aliphatic carbocycles. The van der Waals surface area contributed by atoms with E-state index in [9.17, 15) is 14.0 Å². The molecule has 22 heavy (non-hydrogen) atoms. The standard InChI is InChI=1S/C15H12BrFN2O3/c16-13-4-2-1-3-12(13)15(21)19-18-14(20)9-22-11-7-5-10(17)6-8-11/h1-8H,9H2,(H,18,20)(H,19,21). The van der Waals surface area contributed by atoms with Crippen molar-refractivity contribution < 1.29 is 18.7 Å². The molecule has 0 aliphatic rings. The summed E-state index contributed by atoms with van der Waals surface area (Å²) in [7, 11) is 0. The number of ether oxygens (including phenoxy) is 1. The van der Waals surface area contributed by atoms with Gasteiger partial charge in [0.2, 0.25) is 0 Å². The molecule has 0 fully saturated rings. The number of carbonyl (C=O) groups is 2. The summed E-state index contributed by atoms with van der Waals surface area (Å²) in [4.78, 5) is 23.4. The lowest BCUT2D eigenvalue weighted by atomic mass is 10.2. The minimum absolute atomic E-state index is 0.304. The van der Waals surface area contributed by atoms with Crippen molar-refractivity contribution in [3.05, 3.63) is 64.4 Å². The Morgan fingerprint density at radius 1 is 1.05 bits per heavy atom. The van der Waals surface area contributed by atoms with Crippen molar-refractivity contribution in [2.75, 3.05) is 6.61 Å². The molecule has 2 aromatic carbocycles. The first-order chi connectivity index (χ1) is 10.6. The lowest BCUT2D eigenvalue weighted by Crippen LogP contribution is -2.43. The van der Waals surface area contributed by atoms with E-state index in [-0.39, 0.29) is 6.61 Å². The summed E-state index contributed by atoms with van der Waals surface area (Å²) in [5.41, 5.74) is 4.90. The highest BCUT2D eigenvalue weighted by atomic mass is 79.9. The number of halogens is 2. The van der Waals surface area contributed by atoms with Gasteiger partial charge in [-0.05, 0) is 52.3 Å². The predicted octanol–water partition coefficient (Wildman–Crippen LogP) is 2.43. The van der Waals surface area contributed by atoms with Crippen LogP contribution in [0.4, 0.5) is 4.39 Å². The highest BCUT2D eigenvalue weighted by molar-refractivity contribution is 9.10. The van der Waals surface area contributed by atoms with Gasteiger partial charge in [-0.15, -0.1) is 0 Å². The molecule has 2 rings (SSSR count). The van der Waals surface area contributed by atoms with E-state index in [2.05, 4.69) is 26.8 Å². The summed E-state index contributed by atoms with van der Waals surface area (Å²) >= 11 is 3.24. The SMILES string of the molecule is O=C(COc1ccc(F)cc1)NNC(=O)c1ccccc1Br. The van der Waals surface area contributed by atoms with Crippen molar-refractivity contribution >= 4 is 27.7 Å². The van der Waals surface area contributed by atoms with Crippen LogP contribution in [0, 0.1) is 5.82 Å². The first-order valence-electron chi connectivity index (χ1n) is 6.28. The summed E-state index contributed by atoms with van der Waals surface area (Å²) < 4.78 is 18.5. The maximum atomic E-state index is 12.7. The molecular weight excluding hydrogens is 355 g/mol. The number of hydrazine groups is 1. The highest BCUT2D eigenvalue weighted by Gasteiger charge is 2.10. The van der Waals surface area contributed by atoms with E-state index in [1.54, 1.807) is 24.3 Å². The Morgan fingerprint density at radius 2 is 1.73 bits per heavy atom. The van der Waals surface area contributed by atoms with Crippen molar-refractivity contribution in [1.29, 1.82) is 0 Å². The molecule has 0 unspecified atom stereocenters. The Labute approximate surface area is 134 Å². The molecule has 0 aliphatic heterocycles. The molecule has 0 spiro atoms. The molecule has 2 aromatic rings. The predicted molar refractivity (Wildman–Crippen MR) is 81.6 cm³/mol. The minimum Gasteiger partial charge on any atom is -0.484 e. The number of rotatable bonds is 4. The maximum absolute atomic E-state index is 12.7. The molecule has 0 aromatic heterocycles. The first kappa shape index (κ1) is 16.0. The molecule has 2 N–H and O–H groups in total. The zero-order valence-electron chi connectivity index (χ0n) is 11.3.